The molecule has 1 aromatic rings. The Kier molecular flexibility index (Phi) is 8.19. The average molecular weight is 292 g/mol. The van der Waals surface area contributed by atoms with Crippen LogP contribution in [0.5, 0.6) is 0 Å². The van der Waals surface area contributed by atoms with Gasteiger partial charge in [-0.2, -0.15) is 0 Å². The van der Waals surface area contributed by atoms with Crippen LogP contribution in [0.25, 0.3) is 0 Å². The zero-order valence-corrected chi connectivity index (χ0v) is 11.1. The molecule has 5 nitrogen and oxygen atoms in total. The molecule has 1 rings (SSSR count). The van der Waals surface area contributed by atoms with Crippen molar-refractivity contribution in [1.82, 2.24) is 0 Å². The molecule has 0 fully saturated rings. The van der Waals surface area contributed by atoms with Crippen LogP contribution in [0.15, 0.2) is 30.3 Å². The van der Waals surface area contributed by atoms with E-state index in [4.69, 9.17) is 15.6 Å². The molecule has 0 aliphatic rings. The van der Waals surface area contributed by atoms with E-state index in [2.05, 4.69) is 0 Å². The lowest BCUT2D eigenvalue weighted by atomic mass is 10.2. The highest BCUT2D eigenvalue weighted by atomic mass is 35.5. The summed E-state index contributed by atoms with van der Waals surface area (Å²) in [5.74, 6) is -1.13. The summed E-state index contributed by atoms with van der Waals surface area (Å²) in [6, 6.07) is 8.17. The van der Waals surface area contributed by atoms with Crippen LogP contribution >= 0.6 is 24.2 Å². The van der Waals surface area contributed by atoms with Gasteiger partial charge in [0.1, 0.15) is 12.6 Å². The number of nitrogens with two attached hydrogens (primary N) is 1. The molecule has 0 aromatic heterocycles. The average Bonchev–Trinajstić information content (AvgIpc) is 2.34. The first kappa shape index (κ1) is 16.8. The standard InChI is InChI=1S/C11H13NO4S.ClH/c12-9(10(13)14)7-17-11(15)16-6-8-4-2-1-3-5-8;/h1-5,9H,6-7,12H2,(H,13,14);1H/t9-;/m0./s1. The van der Waals surface area contributed by atoms with Crippen LogP contribution in [0, 0.1) is 0 Å². The minimum absolute atomic E-state index is 0. The number of carboxylic acid groups (broad SMARTS) is 1. The summed E-state index contributed by atoms with van der Waals surface area (Å²) in [7, 11) is 0. The van der Waals surface area contributed by atoms with Crippen molar-refractivity contribution in [1.29, 1.82) is 0 Å². The lowest BCUT2D eigenvalue weighted by Crippen LogP contribution is -2.32. The number of ether oxygens (including phenoxy) is 1. The van der Waals surface area contributed by atoms with Crippen molar-refractivity contribution in [2.24, 2.45) is 5.73 Å². The van der Waals surface area contributed by atoms with E-state index in [0.29, 0.717) is 0 Å². The highest BCUT2D eigenvalue weighted by Gasteiger charge is 2.14. The number of hydrogen-bond donors (Lipinski definition) is 2. The van der Waals surface area contributed by atoms with Crippen molar-refractivity contribution in [2.45, 2.75) is 12.6 Å². The summed E-state index contributed by atoms with van der Waals surface area (Å²) in [5, 5.41) is 7.99. The van der Waals surface area contributed by atoms with Crippen LogP contribution in [0.3, 0.4) is 0 Å². The SMILES string of the molecule is Cl.N[C@@H](CSC(=O)OCc1ccccc1)C(=O)O. The fraction of sp³-hybridized carbons (Fsp3) is 0.273. The van der Waals surface area contributed by atoms with E-state index in [9.17, 15) is 9.59 Å². The van der Waals surface area contributed by atoms with E-state index in [1.54, 1.807) is 0 Å². The molecule has 0 aliphatic heterocycles. The second kappa shape index (κ2) is 8.79. The summed E-state index contributed by atoms with van der Waals surface area (Å²) >= 11 is 0.765. The molecule has 0 heterocycles. The molecule has 18 heavy (non-hydrogen) atoms. The molecule has 0 amide bonds. The van der Waals surface area contributed by atoms with Gasteiger partial charge in [0.2, 0.25) is 0 Å². The van der Waals surface area contributed by atoms with Crippen molar-refractivity contribution in [2.75, 3.05) is 5.75 Å². The Morgan fingerprint density at radius 2 is 1.94 bits per heavy atom. The zero-order valence-electron chi connectivity index (χ0n) is 9.44. The molecule has 0 spiro atoms. The fourth-order valence-electron chi connectivity index (χ4n) is 0.987. The van der Waals surface area contributed by atoms with E-state index in [0.717, 1.165) is 17.3 Å². The minimum Gasteiger partial charge on any atom is -0.480 e. The molecular weight excluding hydrogens is 278 g/mol. The summed E-state index contributed by atoms with van der Waals surface area (Å²) < 4.78 is 4.93. The highest BCUT2D eigenvalue weighted by Crippen LogP contribution is 2.09. The van der Waals surface area contributed by atoms with Crippen LogP contribution in [0.2, 0.25) is 0 Å². The van der Waals surface area contributed by atoms with Crippen molar-refractivity contribution < 1.29 is 19.4 Å². The number of halogens is 1. The van der Waals surface area contributed by atoms with Crippen LogP contribution in [0.1, 0.15) is 5.56 Å². The van der Waals surface area contributed by atoms with Gasteiger partial charge < -0.3 is 15.6 Å². The molecule has 1 atom stereocenters. The molecule has 0 saturated heterocycles. The maximum atomic E-state index is 11.2. The number of carbonyl (C=O) groups excluding carboxylic acids is 1. The molecule has 0 unspecified atom stereocenters. The molecule has 1 aromatic carbocycles. The van der Waals surface area contributed by atoms with E-state index >= 15 is 0 Å². The second-order valence-electron chi connectivity index (χ2n) is 3.28. The smallest absolute Gasteiger partial charge is 0.367 e. The first-order valence-corrected chi connectivity index (χ1v) is 5.90. The number of benzene rings is 1. The van der Waals surface area contributed by atoms with Gasteiger partial charge in [-0.25, -0.2) is 4.79 Å². The van der Waals surface area contributed by atoms with Crippen LogP contribution in [0.4, 0.5) is 4.79 Å². The molecule has 7 heteroatoms. The predicted molar refractivity (Wildman–Crippen MR) is 71.9 cm³/mol. The number of rotatable bonds is 5. The zero-order chi connectivity index (χ0) is 12.7. The molecule has 0 radical (unpaired) electrons. The van der Waals surface area contributed by atoms with Gasteiger partial charge in [-0.3, -0.25) is 4.79 Å². The third-order valence-corrected chi connectivity index (χ3v) is 2.78. The Hall–Kier alpha value is -1.24. The Morgan fingerprint density at radius 1 is 1.33 bits per heavy atom. The number of thioether (sulfide) groups is 1. The number of carboxylic acids is 1. The van der Waals surface area contributed by atoms with Crippen molar-refractivity contribution in [3.63, 3.8) is 0 Å². The van der Waals surface area contributed by atoms with E-state index in [1.165, 1.54) is 0 Å². The summed E-state index contributed by atoms with van der Waals surface area (Å²) in [4.78, 5) is 21.6. The lowest BCUT2D eigenvalue weighted by molar-refractivity contribution is -0.137. The van der Waals surface area contributed by atoms with Crippen LogP contribution in [-0.2, 0) is 16.1 Å². The maximum Gasteiger partial charge on any atom is 0.367 e. The summed E-state index contributed by atoms with van der Waals surface area (Å²) in [5.41, 5.74) is 6.12. The second-order valence-corrected chi connectivity index (χ2v) is 4.24. The first-order valence-electron chi connectivity index (χ1n) is 4.91. The fourth-order valence-corrected chi connectivity index (χ4v) is 1.59. The van der Waals surface area contributed by atoms with Crippen molar-refractivity contribution in [3.05, 3.63) is 35.9 Å². The topological polar surface area (TPSA) is 89.6 Å². The number of hydrogen-bond acceptors (Lipinski definition) is 5. The van der Waals surface area contributed by atoms with Crippen LogP contribution < -0.4 is 5.73 Å². The van der Waals surface area contributed by atoms with Crippen LogP contribution in [-0.4, -0.2) is 28.2 Å². The largest absolute Gasteiger partial charge is 0.480 e. The minimum atomic E-state index is -1.13. The van der Waals surface area contributed by atoms with Gasteiger partial charge in [0.05, 0.1) is 0 Å². The summed E-state index contributed by atoms with van der Waals surface area (Å²) in [6.07, 6.45) is 0. The molecular formula is C11H14ClNO4S. The van der Waals surface area contributed by atoms with E-state index in [1.807, 2.05) is 30.3 Å². The predicted octanol–water partition coefficient (Wildman–Crippen LogP) is 1.89. The molecule has 0 aliphatic carbocycles. The monoisotopic (exact) mass is 291 g/mol. The van der Waals surface area contributed by atoms with Gasteiger partial charge in [-0.1, -0.05) is 30.3 Å². The van der Waals surface area contributed by atoms with Gasteiger partial charge in [-0.05, 0) is 17.3 Å². The lowest BCUT2D eigenvalue weighted by Gasteiger charge is -2.06. The van der Waals surface area contributed by atoms with Gasteiger partial charge in [-0.15, -0.1) is 12.4 Å². The Labute approximate surface area is 115 Å². The third-order valence-electron chi connectivity index (χ3n) is 1.90. The Morgan fingerprint density at radius 3 is 2.50 bits per heavy atom. The molecule has 0 saturated carbocycles. The maximum absolute atomic E-state index is 11.2. The first-order chi connectivity index (χ1) is 8.09. The van der Waals surface area contributed by atoms with E-state index in [-0.39, 0.29) is 24.8 Å². The number of carbonyl (C=O) groups is 2. The van der Waals surface area contributed by atoms with Crippen molar-refractivity contribution >= 4 is 35.4 Å². The molecule has 100 valence electrons. The highest BCUT2D eigenvalue weighted by molar-refractivity contribution is 8.13. The van der Waals surface area contributed by atoms with Gasteiger partial charge in [0, 0.05) is 5.75 Å². The third kappa shape index (κ3) is 6.48. The van der Waals surface area contributed by atoms with E-state index < -0.39 is 17.3 Å². The Bertz CT molecular complexity index is 388. The normalized spacial score (nSPS) is 11.2. The summed E-state index contributed by atoms with van der Waals surface area (Å²) in [6.45, 7) is 0.176. The Balaban J connectivity index is 0.00000289. The van der Waals surface area contributed by atoms with Gasteiger partial charge in [0.25, 0.3) is 0 Å². The molecule has 0 bridgehead atoms. The van der Waals surface area contributed by atoms with Crippen molar-refractivity contribution in [3.8, 4) is 0 Å². The number of aliphatic carboxylic acids is 1. The van der Waals surface area contributed by atoms with Gasteiger partial charge in [0.15, 0.2) is 0 Å². The van der Waals surface area contributed by atoms with Gasteiger partial charge >= 0.3 is 11.3 Å². The quantitative estimate of drug-likeness (QED) is 0.805. The molecule has 3 N–H and O–H groups in total.